The second kappa shape index (κ2) is 4.35. The minimum atomic E-state index is -2.81. The lowest BCUT2D eigenvalue weighted by atomic mass is 9.78. The fourth-order valence-corrected chi connectivity index (χ4v) is 1.98. The van der Waals surface area contributed by atoms with Crippen LogP contribution in [-0.2, 0) is 16.1 Å². The van der Waals surface area contributed by atoms with E-state index in [1.165, 1.54) is 19.1 Å². The first-order chi connectivity index (χ1) is 8.04. The van der Waals surface area contributed by atoms with Crippen molar-refractivity contribution in [2.24, 2.45) is 0 Å². The highest BCUT2D eigenvalue weighted by atomic mass is 19.3. The second-order valence-electron chi connectivity index (χ2n) is 4.57. The molecule has 17 heavy (non-hydrogen) atoms. The number of hydrogen-bond donors (Lipinski definition) is 1. The Hall–Kier alpha value is -1.00. The third-order valence-corrected chi connectivity index (χ3v) is 3.40. The van der Waals surface area contributed by atoms with E-state index in [0.29, 0.717) is 13.2 Å². The van der Waals surface area contributed by atoms with Gasteiger partial charge < -0.3 is 9.84 Å². The number of hydrogen-bond acceptors (Lipinski definition) is 2. The van der Waals surface area contributed by atoms with Crippen LogP contribution in [0.4, 0.5) is 8.78 Å². The minimum absolute atomic E-state index is 0.0113. The van der Waals surface area contributed by atoms with E-state index in [2.05, 4.69) is 0 Å². The number of alkyl halides is 2. The first-order valence-electron chi connectivity index (χ1n) is 5.71. The van der Waals surface area contributed by atoms with Crippen LogP contribution in [0.3, 0.4) is 0 Å². The van der Waals surface area contributed by atoms with Gasteiger partial charge in [-0.3, -0.25) is 0 Å². The Bertz CT molecular complexity index is 395. The van der Waals surface area contributed by atoms with Crippen molar-refractivity contribution in [3.8, 4) is 0 Å². The molecule has 1 fully saturated rings. The van der Waals surface area contributed by atoms with Crippen LogP contribution in [0.15, 0.2) is 24.3 Å². The molecular weight excluding hydrogens is 226 g/mol. The lowest BCUT2D eigenvalue weighted by Crippen LogP contribution is -2.49. The summed E-state index contributed by atoms with van der Waals surface area (Å²) in [6.07, 6.45) is -0.223. The maximum absolute atomic E-state index is 13.6. The van der Waals surface area contributed by atoms with Crippen LogP contribution < -0.4 is 0 Å². The molecule has 2 rings (SSSR count). The summed E-state index contributed by atoms with van der Waals surface area (Å²) in [5.41, 5.74) is 0.258. The molecule has 0 radical (unpaired) electrons. The Kier molecular flexibility index (Phi) is 3.19. The SMILES string of the molecule is CCC(F)(F)c1cccc(C2(CO)COC2)c1. The van der Waals surface area contributed by atoms with Crippen LogP contribution >= 0.6 is 0 Å². The Balaban J connectivity index is 2.35. The number of rotatable bonds is 4. The van der Waals surface area contributed by atoms with Crippen molar-refractivity contribution in [2.75, 3.05) is 19.8 Å². The van der Waals surface area contributed by atoms with Crippen LogP contribution in [-0.4, -0.2) is 24.9 Å². The molecule has 94 valence electrons. The van der Waals surface area contributed by atoms with E-state index in [4.69, 9.17) is 4.74 Å². The van der Waals surface area contributed by atoms with Crippen molar-refractivity contribution in [3.05, 3.63) is 35.4 Å². The zero-order valence-electron chi connectivity index (χ0n) is 9.75. The Morgan fingerprint density at radius 1 is 1.41 bits per heavy atom. The summed E-state index contributed by atoms with van der Waals surface area (Å²) >= 11 is 0. The van der Waals surface area contributed by atoms with E-state index in [9.17, 15) is 13.9 Å². The highest BCUT2D eigenvalue weighted by Crippen LogP contribution is 2.36. The van der Waals surface area contributed by atoms with E-state index in [-0.39, 0.29) is 18.6 Å². The summed E-state index contributed by atoms with van der Waals surface area (Å²) in [5.74, 6) is -2.81. The van der Waals surface area contributed by atoms with Gasteiger partial charge in [-0.2, -0.15) is 0 Å². The van der Waals surface area contributed by atoms with Crippen molar-refractivity contribution < 1.29 is 18.6 Å². The van der Waals surface area contributed by atoms with Crippen molar-refractivity contribution in [2.45, 2.75) is 24.7 Å². The molecule has 2 nitrogen and oxygen atoms in total. The van der Waals surface area contributed by atoms with Gasteiger partial charge in [0.15, 0.2) is 0 Å². The van der Waals surface area contributed by atoms with Gasteiger partial charge in [-0.25, -0.2) is 8.78 Å². The van der Waals surface area contributed by atoms with E-state index in [0.717, 1.165) is 5.56 Å². The third kappa shape index (κ3) is 2.07. The zero-order chi connectivity index (χ0) is 12.5. The summed E-state index contributed by atoms with van der Waals surface area (Å²) in [5, 5.41) is 9.37. The van der Waals surface area contributed by atoms with Crippen LogP contribution in [0.1, 0.15) is 24.5 Å². The molecule has 1 aromatic rings. The molecule has 0 amide bonds. The van der Waals surface area contributed by atoms with E-state index < -0.39 is 11.3 Å². The fraction of sp³-hybridized carbons (Fsp3) is 0.538. The molecule has 1 aromatic carbocycles. The van der Waals surface area contributed by atoms with Gasteiger partial charge in [0.1, 0.15) is 0 Å². The molecule has 0 spiro atoms. The topological polar surface area (TPSA) is 29.5 Å². The van der Waals surface area contributed by atoms with Gasteiger partial charge in [0, 0.05) is 12.0 Å². The highest BCUT2D eigenvalue weighted by molar-refractivity contribution is 5.34. The number of benzene rings is 1. The Morgan fingerprint density at radius 2 is 2.12 bits per heavy atom. The summed E-state index contributed by atoms with van der Waals surface area (Å²) in [7, 11) is 0. The molecule has 0 saturated carbocycles. The summed E-state index contributed by atoms with van der Waals surface area (Å²) in [6.45, 7) is 2.17. The Labute approximate surface area is 99.2 Å². The van der Waals surface area contributed by atoms with Gasteiger partial charge in [0.2, 0.25) is 0 Å². The summed E-state index contributed by atoms with van der Waals surface area (Å²) in [4.78, 5) is 0. The van der Waals surface area contributed by atoms with Crippen molar-refractivity contribution in [1.29, 1.82) is 0 Å². The molecule has 0 unspecified atom stereocenters. The molecule has 1 heterocycles. The van der Waals surface area contributed by atoms with E-state index >= 15 is 0 Å². The van der Waals surface area contributed by atoms with Gasteiger partial charge >= 0.3 is 0 Å². The Morgan fingerprint density at radius 3 is 2.59 bits per heavy atom. The zero-order valence-corrected chi connectivity index (χ0v) is 9.75. The maximum atomic E-state index is 13.6. The molecule has 0 atom stereocenters. The van der Waals surface area contributed by atoms with Gasteiger partial charge in [-0.1, -0.05) is 25.1 Å². The number of ether oxygens (including phenoxy) is 1. The van der Waals surface area contributed by atoms with Crippen molar-refractivity contribution >= 4 is 0 Å². The van der Waals surface area contributed by atoms with Crippen LogP contribution in [0.5, 0.6) is 0 Å². The van der Waals surface area contributed by atoms with Gasteiger partial charge in [-0.05, 0) is 11.6 Å². The molecular formula is C13H16F2O2. The quantitative estimate of drug-likeness (QED) is 0.878. The molecule has 0 aliphatic carbocycles. The molecule has 4 heteroatoms. The number of aliphatic hydroxyl groups is 1. The molecule has 0 aromatic heterocycles. The fourth-order valence-electron chi connectivity index (χ4n) is 1.98. The maximum Gasteiger partial charge on any atom is 0.273 e. The van der Waals surface area contributed by atoms with E-state index in [1.807, 2.05) is 0 Å². The molecule has 1 aliphatic heterocycles. The molecule has 0 bridgehead atoms. The summed E-state index contributed by atoms with van der Waals surface area (Å²) < 4.78 is 32.3. The largest absolute Gasteiger partial charge is 0.395 e. The first-order valence-corrected chi connectivity index (χ1v) is 5.71. The first kappa shape index (κ1) is 12.5. The predicted molar refractivity (Wildman–Crippen MR) is 60.2 cm³/mol. The average molecular weight is 242 g/mol. The second-order valence-corrected chi connectivity index (χ2v) is 4.57. The van der Waals surface area contributed by atoms with Gasteiger partial charge in [-0.15, -0.1) is 0 Å². The summed E-state index contributed by atoms with van der Waals surface area (Å²) in [6, 6.07) is 6.30. The standard InChI is InChI=1S/C13H16F2O2/c1-2-13(14,15)11-5-3-4-10(6-11)12(7-16)8-17-9-12/h3-6,16H,2,7-9H2,1H3. The minimum Gasteiger partial charge on any atom is -0.395 e. The van der Waals surface area contributed by atoms with Crippen LogP contribution in [0, 0.1) is 0 Å². The molecule has 1 N–H and O–H groups in total. The average Bonchev–Trinajstić information content (AvgIpc) is 2.29. The van der Waals surface area contributed by atoms with Crippen LogP contribution in [0.25, 0.3) is 0 Å². The monoisotopic (exact) mass is 242 g/mol. The lowest BCUT2D eigenvalue weighted by Gasteiger charge is -2.40. The third-order valence-electron chi connectivity index (χ3n) is 3.40. The van der Waals surface area contributed by atoms with E-state index in [1.54, 1.807) is 12.1 Å². The van der Waals surface area contributed by atoms with Crippen molar-refractivity contribution in [3.63, 3.8) is 0 Å². The van der Waals surface area contributed by atoms with Gasteiger partial charge in [0.25, 0.3) is 5.92 Å². The highest BCUT2D eigenvalue weighted by Gasteiger charge is 2.41. The normalized spacial score (nSPS) is 18.8. The molecule has 1 saturated heterocycles. The smallest absolute Gasteiger partial charge is 0.273 e. The van der Waals surface area contributed by atoms with Gasteiger partial charge in [0.05, 0.1) is 25.2 Å². The number of halogens is 2. The van der Waals surface area contributed by atoms with Crippen LogP contribution in [0.2, 0.25) is 0 Å². The number of aliphatic hydroxyl groups excluding tert-OH is 1. The predicted octanol–water partition coefficient (Wildman–Crippen LogP) is 2.45. The molecule has 1 aliphatic rings. The lowest BCUT2D eigenvalue weighted by molar-refractivity contribution is -0.0845. The van der Waals surface area contributed by atoms with Crippen molar-refractivity contribution in [1.82, 2.24) is 0 Å².